The van der Waals surface area contributed by atoms with Crippen molar-refractivity contribution in [2.75, 3.05) is 5.32 Å². The Morgan fingerprint density at radius 1 is 1.33 bits per heavy atom. The van der Waals surface area contributed by atoms with Crippen LogP contribution in [0.5, 0.6) is 0 Å². The first-order valence-electron chi connectivity index (χ1n) is 8.77. The second-order valence-corrected chi connectivity index (χ2v) is 8.02. The smallest absolute Gasteiger partial charge is 0.252 e. The van der Waals surface area contributed by atoms with Crippen molar-refractivity contribution in [3.63, 3.8) is 0 Å². The Morgan fingerprint density at radius 2 is 2.08 bits per heavy atom. The van der Waals surface area contributed by atoms with Gasteiger partial charge in [-0.1, -0.05) is 0 Å². The zero-order chi connectivity index (χ0) is 16.5. The third kappa shape index (κ3) is 1.99. The van der Waals surface area contributed by atoms with Gasteiger partial charge in [0.25, 0.3) is 5.91 Å². The summed E-state index contributed by atoms with van der Waals surface area (Å²) in [6.45, 7) is 0. The Kier molecular flexibility index (Phi) is 2.81. The van der Waals surface area contributed by atoms with E-state index in [-0.39, 0.29) is 0 Å². The largest absolute Gasteiger partial charge is 0.390 e. The van der Waals surface area contributed by atoms with E-state index >= 15 is 0 Å². The van der Waals surface area contributed by atoms with Gasteiger partial charge in [0.1, 0.15) is 5.65 Å². The van der Waals surface area contributed by atoms with Gasteiger partial charge in [0.15, 0.2) is 0 Å². The average Bonchev–Trinajstić information content (AvgIpc) is 2.97. The molecule has 4 aliphatic rings. The summed E-state index contributed by atoms with van der Waals surface area (Å²) in [5.41, 5.74) is 7.10. The van der Waals surface area contributed by atoms with Crippen LogP contribution in [0, 0.1) is 17.8 Å². The summed E-state index contributed by atoms with van der Waals surface area (Å²) in [5.74, 6) is 1.12. The Hall–Kier alpha value is -2.08. The number of hydrogen-bond acceptors (Lipinski definition) is 4. The van der Waals surface area contributed by atoms with E-state index in [9.17, 15) is 9.90 Å². The summed E-state index contributed by atoms with van der Waals surface area (Å²) in [6, 6.07) is 2.22. The van der Waals surface area contributed by atoms with Crippen molar-refractivity contribution in [2.45, 2.75) is 43.7 Å². The number of pyridine rings is 1. The fourth-order valence-electron chi connectivity index (χ4n) is 5.73. The fourth-order valence-corrected chi connectivity index (χ4v) is 5.73. The van der Waals surface area contributed by atoms with E-state index in [1.807, 2.05) is 12.3 Å². The van der Waals surface area contributed by atoms with Crippen LogP contribution in [0.1, 0.15) is 42.5 Å². The van der Waals surface area contributed by atoms with Crippen molar-refractivity contribution >= 4 is 22.6 Å². The van der Waals surface area contributed by atoms with Crippen molar-refractivity contribution < 1.29 is 9.90 Å². The minimum Gasteiger partial charge on any atom is -0.390 e. The number of anilines is 1. The second-order valence-electron chi connectivity index (χ2n) is 8.02. The lowest BCUT2D eigenvalue weighted by molar-refractivity contribution is -0.129. The molecule has 0 aliphatic heterocycles. The van der Waals surface area contributed by atoms with Crippen molar-refractivity contribution in [2.24, 2.45) is 23.5 Å². The number of carbonyl (C=O) groups excluding carboxylic acids is 1. The summed E-state index contributed by atoms with van der Waals surface area (Å²) in [7, 11) is 0. The van der Waals surface area contributed by atoms with Crippen LogP contribution in [0.3, 0.4) is 0 Å². The summed E-state index contributed by atoms with van der Waals surface area (Å²) in [6.07, 6.45) is 8.42. The molecule has 0 radical (unpaired) electrons. The van der Waals surface area contributed by atoms with Crippen LogP contribution in [0.25, 0.3) is 11.0 Å². The number of rotatable bonds is 3. The third-order valence-corrected chi connectivity index (χ3v) is 6.40. The topological polar surface area (TPSA) is 104 Å². The molecular weight excluding hydrogens is 304 g/mol. The number of fused-ring (bicyclic) bond motifs is 1. The van der Waals surface area contributed by atoms with Crippen LogP contribution in [-0.2, 0) is 0 Å². The zero-order valence-electron chi connectivity index (χ0n) is 13.5. The molecular formula is C18H22N4O2. The Morgan fingerprint density at radius 3 is 2.75 bits per heavy atom. The molecule has 1 amide bonds. The van der Waals surface area contributed by atoms with Gasteiger partial charge in [0.05, 0.1) is 16.9 Å². The Balaban J connectivity index is 1.54. The van der Waals surface area contributed by atoms with Crippen LogP contribution in [0.15, 0.2) is 18.5 Å². The van der Waals surface area contributed by atoms with E-state index in [0.29, 0.717) is 29.4 Å². The number of primary amides is 1. The zero-order valence-corrected chi connectivity index (χ0v) is 13.5. The van der Waals surface area contributed by atoms with Gasteiger partial charge in [-0.05, 0) is 55.9 Å². The van der Waals surface area contributed by atoms with Crippen LogP contribution in [-0.4, -0.2) is 32.6 Å². The van der Waals surface area contributed by atoms with Gasteiger partial charge in [-0.25, -0.2) is 4.98 Å². The van der Waals surface area contributed by atoms with Gasteiger partial charge in [0.2, 0.25) is 0 Å². The monoisotopic (exact) mass is 326 g/mol. The van der Waals surface area contributed by atoms with E-state index < -0.39 is 11.5 Å². The molecule has 24 heavy (non-hydrogen) atoms. The highest BCUT2D eigenvalue weighted by atomic mass is 16.3. The van der Waals surface area contributed by atoms with Crippen LogP contribution in [0.2, 0.25) is 0 Å². The Bertz CT molecular complexity index is 814. The molecule has 2 aromatic heterocycles. The van der Waals surface area contributed by atoms with E-state index in [0.717, 1.165) is 36.0 Å². The van der Waals surface area contributed by atoms with Crippen molar-refractivity contribution in [1.82, 2.24) is 9.97 Å². The molecule has 2 aromatic rings. The maximum Gasteiger partial charge on any atom is 0.252 e. The Labute approximate surface area is 139 Å². The number of aromatic nitrogens is 2. The number of nitrogens with two attached hydrogens (primary N) is 1. The highest BCUT2D eigenvalue weighted by Crippen LogP contribution is 2.56. The molecule has 6 heteroatoms. The summed E-state index contributed by atoms with van der Waals surface area (Å²) >= 11 is 0. The first kappa shape index (κ1) is 14.3. The van der Waals surface area contributed by atoms with Gasteiger partial charge < -0.3 is 21.1 Å². The van der Waals surface area contributed by atoms with Crippen molar-refractivity contribution in [3.8, 4) is 0 Å². The summed E-state index contributed by atoms with van der Waals surface area (Å²) in [4.78, 5) is 19.3. The predicted molar refractivity (Wildman–Crippen MR) is 90.5 cm³/mol. The molecule has 126 valence electrons. The predicted octanol–water partition coefficient (Wildman–Crippen LogP) is 2.01. The SMILES string of the molecule is NC(=O)c1cnc2[nH]ccc2c1NC1C2CC3C[C@H]1CC(O)(C3)C2. The van der Waals surface area contributed by atoms with Crippen molar-refractivity contribution in [3.05, 3.63) is 24.0 Å². The number of hydrogen-bond donors (Lipinski definition) is 4. The van der Waals surface area contributed by atoms with Gasteiger partial charge >= 0.3 is 0 Å². The van der Waals surface area contributed by atoms with Crippen LogP contribution >= 0.6 is 0 Å². The number of nitrogens with one attached hydrogen (secondary N) is 2. The normalized spacial score (nSPS) is 37.0. The standard InChI is InChI=1S/C18H22N4O2/c19-16(23)13-8-21-17-12(1-2-20-17)15(13)22-14-10-3-9-4-11(14)7-18(24,5-9)6-10/h1-2,8-11,14,24H,3-7H2,(H2,19,23)(H2,20,21,22)/t9?,10-,11?,14?,18?/m0/s1. The molecule has 0 saturated heterocycles. The van der Waals surface area contributed by atoms with Gasteiger partial charge in [-0.3, -0.25) is 4.79 Å². The molecule has 0 spiro atoms. The molecule has 4 unspecified atom stereocenters. The number of aromatic amines is 1. The first-order chi connectivity index (χ1) is 11.5. The number of aliphatic hydroxyl groups is 1. The molecule has 5 N–H and O–H groups in total. The number of nitrogens with zero attached hydrogens (tertiary/aromatic N) is 1. The van der Waals surface area contributed by atoms with Crippen LogP contribution < -0.4 is 11.1 Å². The van der Waals surface area contributed by atoms with Crippen molar-refractivity contribution in [1.29, 1.82) is 0 Å². The number of carbonyl (C=O) groups is 1. The quantitative estimate of drug-likeness (QED) is 0.692. The molecule has 4 saturated carbocycles. The lowest BCUT2D eigenvalue weighted by Crippen LogP contribution is -2.59. The molecule has 0 aromatic carbocycles. The van der Waals surface area contributed by atoms with E-state index in [1.165, 1.54) is 12.8 Å². The minimum atomic E-state index is -0.462. The van der Waals surface area contributed by atoms with E-state index in [1.54, 1.807) is 6.20 Å². The van der Waals surface area contributed by atoms with Gasteiger partial charge in [-0.15, -0.1) is 0 Å². The highest BCUT2D eigenvalue weighted by Gasteiger charge is 2.54. The van der Waals surface area contributed by atoms with E-state index in [4.69, 9.17) is 5.73 Å². The summed E-state index contributed by atoms with van der Waals surface area (Å²) < 4.78 is 0. The molecule has 6 rings (SSSR count). The minimum absolute atomic E-state index is 0.292. The number of H-pyrrole nitrogens is 1. The maximum absolute atomic E-state index is 11.9. The molecule has 4 fully saturated rings. The second kappa shape index (κ2) is 4.72. The lowest BCUT2D eigenvalue weighted by Gasteiger charge is -2.58. The first-order valence-corrected chi connectivity index (χ1v) is 8.77. The lowest BCUT2D eigenvalue weighted by atomic mass is 9.52. The van der Waals surface area contributed by atoms with Gasteiger partial charge in [-0.2, -0.15) is 0 Å². The third-order valence-electron chi connectivity index (χ3n) is 6.40. The highest BCUT2D eigenvalue weighted by molar-refractivity contribution is 6.06. The number of amides is 1. The van der Waals surface area contributed by atoms with E-state index in [2.05, 4.69) is 15.3 Å². The summed E-state index contributed by atoms with van der Waals surface area (Å²) in [5, 5.41) is 15.3. The maximum atomic E-state index is 11.9. The molecule has 2 heterocycles. The molecule has 6 nitrogen and oxygen atoms in total. The average molecular weight is 326 g/mol. The fraction of sp³-hybridized carbons (Fsp3) is 0.556. The molecule has 5 atom stereocenters. The van der Waals surface area contributed by atoms with Crippen LogP contribution in [0.4, 0.5) is 5.69 Å². The molecule has 4 bridgehead atoms. The molecule has 4 aliphatic carbocycles. The van der Waals surface area contributed by atoms with Gasteiger partial charge in [0, 0.05) is 23.8 Å².